The van der Waals surface area contributed by atoms with Gasteiger partial charge in [0.1, 0.15) is 12.4 Å². The lowest BCUT2D eigenvalue weighted by atomic mass is 10.1. The third-order valence-corrected chi connectivity index (χ3v) is 2.68. The van der Waals surface area contributed by atoms with Gasteiger partial charge in [0.25, 0.3) is 6.43 Å². The van der Waals surface area contributed by atoms with Crippen molar-refractivity contribution in [3.8, 4) is 0 Å². The van der Waals surface area contributed by atoms with E-state index in [1.807, 2.05) is 6.92 Å². The summed E-state index contributed by atoms with van der Waals surface area (Å²) in [4.78, 5) is 0. The Morgan fingerprint density at radius 3 is 3.12 bits per heavy atom. The zero-order chi connectivity index (χ0) is 11.5. The van der Waals surface area contributed by atoms with Gasteiger partial charge < -0.3 is 10.1 Å². The fourth-order valence-electron chi connectivity index (χ4n) is 1.79. The van der Waals surface area contributed by atoms with Crippen LogP contribution in [-0.4, -0.2) is 35.0 Å². The number of nitrogens with zero attached hydrogens (tertiary/aromatic N) is 2. The van der Waals surface area contributed by atoms with Crippen molar-refractivity contribution in [2.45, 2.75) is 38.5 Å². The maximum absolute atomic E-state index is 12.1. The minimum Gasteiger partial charge on any atom is -0.376 e. The number of anilines is 1. The molecule has 90 valence electrons. The molecule has 0 spiro atoms. The van der Waals surface area contributed by atoms with E-state index >= 15 is 0 Å². The summed E-state index contributed by atoms with van der Waals surface area (Å²) in [6, 6.07) is 1.92. The van der Waals surface area contributed by atoms with E-state index in [0.29, 0.717) is 5.82 Å². The van der Waals surface area contributed by atoms with Crippen molar-refractivity contribution in [2.75, 3.05) is 11.9 Å². The van der Waals surface area contributed by atoms with E-state index in [-0.39, 0.29) is 18.7 Å². The number of aromatic nitrogens is 2. The van der Waals surface area contributed by atoms with Gasteiger partial charge >= 0.3 is 0 Å². The third-order valence-electron chi connectivity index (χ3n) is 2.68. The molecule has 1 aromatic heterocycles. The molecule has 1 saturated heterocycles. The van der Waals surface area contributed by atoms with Crippen LogP contribution in [0.25, 0.3) is 0 Å². The molecule has 0 bridgehead atoms. The van der Waals surface area contributed by atoms with Crippen LogP contribution in [0.15, 0.2) is 12.3 Å². The number of hydrogen-bond donors (Lipinski definition) is 1. The average molecular weight is 231 g/mol. The van der Waals surface area contributed by atoms with Crippen molar-refractivity contribution in [1.82, 2.24) is 9.78 Å². The van der Waals surface area contributed by atoms with Gasteiger partial charge in [-0.1, -0.05) is 0 Å². The average Bonchev–Trinajstić information content (AvgIpc) is 2.77. The van der Waals surface area contributed by atoms with Gasteiger partial charge in [-0.25, -0.2) is 8.78 Å². The molecule has 1 aromatic rings. The molecule has 2 atom stereocenters. The number of halogens is 2. The molecule has 0 aliphatic carbocycles. The zero-order valence-electron chi connectivity index (χ0n) is 9.07. The Morgan fingerprint density at radius 1 is 1.69 bits per heavy atom. The van der Waals surface area contributed by atoms with Crippen LogP contribution in [0, 0.1) is 0 Å². The summed E-state index contributed by atoms with van der Waals surface area (Å²) in [6.45, 7) is 2.36. The van der Waals surface area contributed by atoms with Gasteiger partial charge in [0, 0.05) is 18.9 Å². The van der Waals surface area contributed by atoms with Crippen molar-refractivity contribution in [2.24, 2.45) is 0 Å². The molecule has 6 heteroatoms. The fourth-order valence-corrected chi connectivity index (χ4v) is 1.79. The minimum absolute atomic E-state index is 0.139. The minimum atomic E-state index is -2.37. The van der Waals surface area contributed by atoms with E-state index in [1.54, 1.807) is 12.3 Å². The summed E-state index contributed by atoms with van der Waals surface area (Å²) in [5.74, 6) is 0.628. The number of rotatable bonds is 4. The second-order valence-corrected chi connectivity index (χ2v) is 3.93. The summed E-state index contributed by atoms with van der Waals surface area (Å²) >= 11 is 0. The van der Waals surface area contributed by atoms with Gasteiger partial charge in [-0.2, -0.15) is 5.10 Å². The Hall–Kier alpha value is -1.17. The number of hydrogen-bond acceptors (Lipinski definition) is 3. The number of ether oxygens (including phenoxy) is 1. The molecule has 0 amide bonds. The van der Waals surface area contributed by atoms with Crippen LogP contribution in [0.2, 0.25) is 0 Å². The fraction of sp³-hybridized carbons (Fsp3) is 0.700. The van der Waals surface area contributed by atoms with Crippen LogP contribution in [0.4, 0.5) is 14.6 Å². The molecule has 2 unspecified atom stereocenters. The second kappa shape index (κ2) is 4.78. The lowest BCUT2D eigenvalue weighted by Gasteiger charge is -2.14. The Bertz CT molecular complexity index is 343. The first kappa shape index (κ1) is 11.3. The molecule has 0 radical (unpaired) electrons. The second-order valence-electron chi connectivity index (χ2n) is 3.93. The predicted octanol–water partition coefficient (Wildman–Crippen LogP) is 1.74. The van der Waals surface area contributed by atoms with Gasteiger partial charge in [0.15, 0.2) is 0 Å². The molecule has 0 aromatic carbocycles. The van der Waals surface area contributed by atoms with Gasteiger partial charge in [0.05, 0.1) is 12.1 Å². The van der Waals surface area contributed by atoms with E-state index in [4.69, 9.17) is 4.74 Å². The molecule has 16 heavy (non-hydrogen) atoms. The van der Waals surface area contributed by atoms with Crippen LogP contribution in [-0.2, 0) is 11.3 Å². The van der Waals surface area contributed by atoms with Crippen molar-refractivity contribution in [3.63, 3.8) is 0 Å². The highest BCUT2D eigenvalue weighted by atomic mass is 19.3. The van der Waals surface area contributed by atoms with Crippen molar-refractivity contribution < 1.29 is 13.5 Å². The lowest BCUT2D eigenvalue weighted by Crippen LogP contribution is -2.26. The van der Waals surface area contributed by atoms with Crippen LogP contribution >= 0.6 is 0 Å². The summed E-state index contributed by atoms with van der Waals surface area (Å²) in [7, 11) is 0. The molecule has 0 saturated carbocycles. The normalized spacial score (nSPS) is 25.2. The standard InChI is InChI=1S/C10H15F2N3O/c1-7-8(3-5-16-7)13-10-2-4-15(14-10)6-9(11)12/h2,4,7-9H,3,5-6H2,1H3,(H,13,14). The highest BCUT2D eigenvalue weighted by Crippen LogP contribution is 2.17. The van der Waals surface area contributed by atoms with Gasteiger partial charge in [-0.15, -0.1) is 0 Å². The van der Waals surface area contributed by atoms with E-state index in [0.717, 1.165) is 13.0 Å². The zero-order valence-corrected chi connectivity index (χ0v) is 9.07. The Balaban J connectivity index is 1.92. The van der Waals surface area contributed by atoms with Crippen LogP contribution in [0.3, 0.4) is 0 Å². The maximum Gasteiger partial charge on any atom is 0.257 e. The van der Waals surface area contributed by atoms with E-state index in [9.17, 15) is 8.78 Å². The van der Waals surface area contributed by atoms with Crippen molar-refractivity contribution >= 4 is 5.82 Å². The monoisotopic (exact) mass is 231 g/mol. The quantitative estimate of drug-likeness (QED) is 0.857. The van der Waals surface area contributed by atoms with Gasteiger partial charge in [-0.3, -0.25) is 4.68 Å². The SMILES string of the molecule is CC1OCCC1Nc1ccn(CC(F)F)n1. The molecular formula is C10H15F2N3O. The topological polar surface area (TPSA) is 39.1 Å². The maximum atomic E-state index is 12.1. The molecule has 2 heterocycles. The number of nitrogens with one attached hydrogen (secondary N) is 1. The molecule has 4 nitrogen and oxygen atoms in total. The summed E-state index contributed by atoms with van der Waals surface area (Å²) in [5, 5.41) is 7.20. The highest BCUT2D eigenvalue weighted by molar-refractivity contribution is 5.34. The summed E-state index contributed by atoms with van der Waals surface area (Å²) < 4.78 is 30.8. The first-order valence-electron chi connectivity index (χ1n) is 5.35. The first-order valence-corrected chi connectivity index (χ1v) is 5.35. The Labute approximate surface area is 92.6 Å². The molecule has 2 rings (SSSR count). The van der Waals surface area contributed by atoms with Crippen LogP contribution in [0.1, 0.15) is 13.3 Å². The van der Waals surface area contributed by atoms with E-state index in [2.05, 4.69) is 10.4 Å². The lowest BCUT2D eigenvalue weighted by molar-refractivity contribution is 0.120. The number of alkyl halides is 2. The third kappa shape index (κ3) is 2.69. The van der Waals surface area contributed by atoms with Gasteiger partial charge in [-0.05, 0) is 13.3 Å². The summed E-state index contributed by atoms with van der Waals surface area (Å²) in [6.07, 6.45) is 0.236. The highest BCUT2D eigenvalue weighted by Gasteiger charge is 2.24. The van der Waals surface area contributed by atoms with E-state index < -0.39 is 6.43 Å². The molecule has 1 aliphatic rings. The Morgan fingerprint density at radius 2 is 2.50 bits per heavy atom. The smallest absolute Gasteiger partial charge is 0.257 e. The molecule has 1 fully saturated rings. The van der Waals surface area contributed by atoms with Crippen LogP contribution in [0.5, 0.6) is 0 Å². The van der Waals surface area contributed by atoms with Crippen molar-refractivity contribution in [1.29, 1.82) is 0 Å². The first-order chi connectivity index (χ1) is 7.65. The largest absolute Gasteiger partial charge is 0.376 e. The van der Waals surface area contributed by atoms with Gasteiger partial charge in [0.2, 0.25) is 0 Å². The van der Waals surface area contributed by atoms with Crippen LogP contribution < -0.4 is 5.32 Å². The van der Waals surface area contributed by atoms with Crippen molar-refractivity contribution in [3.05, 3.63) is 12.3 Å². The van der Waals surface area contributed by atoms with E-state index in [1.165, 1.54) is 4.68 Å². The molecule has 1 aliphatic heterocycles. The Kier molecular flexibility index (Phi) is 3.38. The predicted molar refractivity (Wildman–Crippen MR) is 55.7 cm³/mol. The summed E-state index contributed by atoms with van der Waals surface area (Å²) in [5.41, 5.74) is 0. The molecule has 1 N–H and O–H groups in total. The molecular weight excluding hydrogens is 216 g/mol.